The van der Waals surface area contributed by atoms with Gasteiger partial charge in [-0.3, -0.25) is 5.84 Å². The smallest absolute Gasteiger partial charge is 0.398 e. The molecule has 1 unspecified atom stereocenters. The van der Waals surface area contributed by atoms with Gasteiger partial charge in [0.25, 0.3) is 0 Å². The van der Waals surface area contributed by atoms with E-state index >= 15 is 0 Å². The van der Waals surface area contributed by atoms with E-state index < -0.39 is 17.8 Å². The molecule has 5 N–H and O–H groups in total. The topological polar surface area (TPSA) is 64.1 Å². The summed E-state index contributed by atoms with van der Waals surface area (Å²) in [5, 5.41) is 0.520. The quantitative estimate of drug-likeness (QED) is 0.461. The Labute approximate surface area is 124 Å². The third-order valence-electron chi connectivity index (χ3n) is 3.10. The molecule has 0 bridgehead atoms. The molecule has 2 rings (SSSR count). The maximum absolute atomic E-state index is 12.8. The summed E-state index contributed by atoms with van der Waals surface area (Å²) < 4.78 is 38.4. The lowest BCUT2D eigenvalue weighted by Crippen LogP contribution is -2.29. The lowest BCUT2D eigenvalue weighted by atomic mass is 9.96. The minimum Gasteiger partial charge on any atom is -0.398 e. The Morgan fingerprint density at radius 1 is 1.05 bits per heavy atom. The second-order valence-electron chi connectivity index (χ2n) is 4.49. The van der Waals surface area contributed by atoms with Crippen LogP contribution < -0.4 is 17.0 Å². The van der Waals surface area contributed by atoms with Crippen LogP contribution in [0.5, 0.6) is 0 Å². The van der Waals surface area contributed by atoms with Crippen LogP contribution in [-0.2, 0) is 6.18 Å². The van der Waals surface area contributed by atoms with Crippen LogP contribution in [0.4, 0.5) is 18.9 Å². The lowest BCUT2D eigenvalue weighted by molar-refractivity contribution is -0.137. The van der Waals surface area contributed by atoms with Crippen molar-refractivity contribution in [2.45, 2.75) is 12.2 Å². The molecule has 0 spiro atoms. The summed E-state index contributed by atoms with van der Waals surface area (Å²) in [4.78, 5) is 0. The molecule has 0 amide bonds. The zero-order valence-electron chi connectivity index (χ0n) is 10.8. The van der Waals surface area contributed by atoms with E-state index in [1.54, 1.807) is 24.3 Å². The highest BCUT2D eigenvalue weighted by atomic mass is 35.5. The first-order valence-corrected chi connectivity index (χ1v) is 6.39. The van der Waals surface area contributed by atoms with Gasteiger partial charge in [0, 0.05) is 10.7 Å². The molecule has 1 atom stereocenters. The van der Waals surface area contributed by atoms with E-state index in [0.29, 0.717) is 10.6 Å². The molecule has 7 heteroatoms. The van der Waals surface area contributed by atoms with Gasteiger partial charge >= 0.3 is 6.18 Å². The number of benzene rings is 2. The predicted octanol–water partition coefficient (Wildman–Crippen LogP) is 3.49. The van der Waals surface area contributed by atoms with Gasteiger partial charge in [-0.15, -0.1) is 0 Å². The summed E-state index contributed by atoms with van der Waals surface area (Å²) in [5.74, 6) is 5.48. The average molecular weight is 316 g/mol. The van der Waals surface area contributed by atoms with Gasteiger partial charge in [0.2, 0.25) is 0 Å². The second-order valence-corrected chi connectivity index (χ2v) is 4.93. The van der Waals surface area contributed by atoms with Gasteiger partial charge in [-0.1, -0.05) is 23.7 Å². The number of nitrogen functional groups attached to an aromatic ring is 1. The van der Waals surface area contributed by atoms with E-state index in [0.717, 1.165) is 12.1 Å². The molecular formula is C14H13ClF3N3. The molecule has 0 saturated carbocycles. The van der Waals surface area contributed by atoms with Crippen molar-refractivity contribution in [1.82, 2.24) is 5.43 Å². The summed E-state index contributed by atoms with van der Waals surface area (Å²) in [6.07, 6.45) is -4.44. The SMILES string of the molecule is NNC(c1ccc(Cl)cc1)c1cc(C(F)(F)F)ccc1N. The number of hydrogen-bond donors (Lipinski definition) is 3. The normalized spacial score (nSPS) is 13.2. The maximum Gasteiger partial charge on any atom is 0.416 e. The number of nitrogens with one attached hydrogen (secondary N) is 1. The molecule has 0 saturated heterocycles. The fourth-order valence-corrected chi connectivity index (χ4v) is 2.15. The Hall–Kier alpha value is -1.76. The highest BCUT2D eigenvalue weighted by Crippen LogP contribution is 2.34. The first-order chi connectivity index (χ1) is 9.82. The molecule has 2 aromatic rings. The fraction of sp³-hybridized carbons (Fsp3) is 0.143. The van der Waals surface area contributed by atoms with Gasteiger partial charge in [-0.05, 0) is 41.5 Å². The molecule has 0 aliphatic rings. The van der Waals surface area contributed by atoms with E-state index in [4.69, 9.17) is 23.2 Å². The number of hydrazine groups is 1. The minimum atomic E-state index is -4.44. The van der Waals surface area contributed by atoms with Crippen LogP contribution in [0.1, 0.15) is 22.7 Å². The minimum absolute atomic E-state index is 0.223. The number of halogens is 4. The molecule has 112 valence electrons. The van der Waals surface area contributed by atoms with Crippen molar-refractivity contribution >= 4 is 17.3 Å². The lowest BCUT2D eigenvalue weighted by Gasteiger charge is -2.20. The van der Waals surface area contributed by atoms with Gasteiger partial charge in [0.05, 0.1) is 11.6 Å². The molecule has 0 aliphatic carbocycles. The Morgan fingerprint density at radius 2 is 1.67 bits per heavy atom. The van der Waals surface area contributed by atoms with Crippen LogP contribution in [0.2, 0.25) is 5.02 Å². The molecule has 0 heterocycles. The summed E-state index contributed by atoms with van der Waals surface area (Å²) in [7, 11) is 0. The van der Waals surface area contributed by atoms with Crippen LogP contribution in [-0.4, -0.2) is 0 Å². The van der Waals surface area contributed by atoms with E-state index in [1.165, 1.54) is 6.07 Å². The van der Waals surface area contributed by atoms with Crippen molar-refractivity contribution in [3.05, 3.63) is 64.2 Å². The largest absolute Gasteiger partial charge is 0.416 e. The van der Waals surface area contributed by atoms with Crippen molar-refractivity contribution in [1.29, 1.82) is 0 Å². The molecule has 2 aromatic carbocycles. The summed E-state index contributed by atoms with van der Waals surface area (Å²) in [5.41, 5.74) is 8.64. The highest BCUT2D eigenvalue weighted by Gasteiger charge is 2.31. The van der Waals surface area contributed by atoms with Gasteiger partial charge in [-0.2, -0.15) is 13.2 Å². The number of alkyl halides is 3. The number of anilines is 1. The van der Waals surface area contributed by atoms with Gasteiger partial charge in [0.15, 0.2) is 0 Å². The van der Waals surface area contributed by atoms with Gasteiger partial charge < -0.3 is 5.73 Å². The van der Waals surface area contributed by atoms with Crippen molar-refractivity contribution in [3.63, 3.8) is 0 Å². The standard InChI is InChI=1S/C14H13ClF3N3/c15-10-4-1-8(2-5-10)13(21-20)11-7-9(14(16,17)18)3-6-12(11)19/h1-7,13,21H,19-20H2. The molecule has 21 heavy (non-hydrogen) atoms. The van der Waals surface area contributed by atoms with Crippen molar-refractivity contribution in [3.8, 4) is 0 Å². The third-order valence-corrected chi connectivity index (χ3v) is 3.35. The first-order valence-electron chi connectivity index (χ1n) is 6.01. The first kappa shape index (κ1) is 15.6. The van der Waals surface area contributed by atoms with E-state index in [2.05, 4.69) is 5.43 Å². The van der Waals surface area contributed by atoms with E-state index in [-0.39, 0.29) is 11.3 Å². The van der Waals surface area contributed by atoms with E-state index in [9.17, 15) is 13.2 Å². The molecular weight excluding hydrogens is 303 g/mol. The third kappa shape index (κ3) is 3.47. The summed E-state index contributed by atoms with van der Waals surface area (Å²) in [6.45, 7) is 0. The Balaban J connectivity index is 2.49. The Kier molecular flexibility index (Phi) is 4.41. The maximum atomic E-state index is 12.8. The van der Waals surface area contributed by atoms with Crippen molar-refractivity contribution < 1.29 is 13.2 Å². The molecule has 0 aliphatic heterocycles. The van der Waals surface area contributed by atoms with Crippen LogP contribution in [0.3, 0.4) is 0 Å². The predicted molar refractivity (Wildman–Crippen MR) is 76.5 cm³/mol. The number of nitrogens with two attached hydrogens (primary N) is 2. The Bertz CT molecular complexity index is 626. The zero-order chi connectivity index (χ0) is 15.6. The Morgan fingerprint density at radius 3 is 2.19 bits per heavy atom. The molecule has 0 fully saturated rings. The fourth-order valence-electron chi connectivity index (χ4n) is 2.02. The van der Waals surface area contributed by atoms with Crippen molar-refractivity contribution in [2.24, 2.45) is 5.84 Å². The van der Waals surface area contributed by atoms with Crippen molar-refractivity contribution in [2.75, 3.05) is 5.73 Å². The van der Waals surface area contributed by atoms with Crippen LogP contribution >= 0.6 is 11.6 Å². The number of hydrogen-bond acceptors (Lipinski definition) is 3. The number of rotatable bonds is 3. The van der Waals surface area contributed by atoms with Crippen LogP contribution in [0.25, 0.3) is 0 Å². The van der Waals surface area contributed by atoms with Crippen LogP contribution in [0, 0.1) is 0 Å². The van der Waals surface area contributed by atoms with E-state index in [1.807, 2.05) is 0 Å². The van der Waals surface area contributed by atoms with Crippen LogP contribution in [0.15, 0.2) is 42.5 Å². The zero-order valence-corrected chi connectivity index (χ0v) is 11.5. The van der Waals surface area contributed by atoms with Gasteiger partial charge in [0.1, 0.15) is 0 Å². The molecule has 3 nitrogen and oxygen atoms in total. The van der Waals surface area contributed by atoms with Gasteiger partial charge in [-0.25, -0.2) is 5.43 Å². The second kappa shape index (κ2) is 5.93. The molecule has 0 radical (unpaired) electrons. The highest BCUT2D eigenvalue weighted by molar-refractivity contribution is 6.30. The summed E-state index contributed by atoms with van der Waals surface area (Å²) in [6, 6.07) is 9.10. The molecule has 0 aromatic heterocycles. The monoisotopic (exact) mass is 315 g/mol. The summed E-state index contributed by atoms with van der Waals surface area (Å²) >= 11 is 5.80. The average Bonchev–Trinajstić information content (AvgIpc) is 2.42.